The predicted molar refractivity (Wildman–Crippen MR) is 112 cm³/mol. The number of nitrogens with one attached hydrogen (secondary N) is 1. The molecule has 0 saturated heterocycles. The lowest BCUT2D eigenvalue weighted by molar-refractivity contribution is -0.141. The Balaban J connectivity index is 2.35. The number of hydrogen-bond donors (Lipinski definition) is 2. The van der Waals surface area contributed by atoms with Gasteiger partial charge in [-0.05, 0) is 37.1 Å². The zero-order valence-corrected chi connectivity index (χ0v) is 17.0. The third-order valence-electron chi connectivity index (χ3n) is 4.85. The summed E-state index contributed by atoms with van der Waals surface area (Å²) in [5.74, 6) is -2.05. The lowest BCUT2D eigenvalue weighted by Gasteiger charge is -2.31. The van der Waals surface area contributed by atoms with E-state index in [9.17, 15) is 19.1 Å². The number of hydrogen-bond acceptors (Lipinski definition) is 3. The van der Waals surface area contributed by atoms with Gasteiger partial charge in [0.2, 0.25) is 0 Å². The highest BCUT2D eigenvalue weighted by Crippen LogP contribution is 2.24. The topological polar surface area (TPSA) is 69.6 Å². The lowest BCUT2D eigenvalue weighted by atomic mass is 9.90. The van der Waals surface area contributed by atoms with Gasteiger partial charge >= 0.3 is 0 Å². The number of amides is 2. The van der Waals surface area contributed by atoms with Crippen LogP contribution in [0.2, 0.25) is 0 Å². The monoisotopic (exact) mass is 400 g/mol. The van der Waals surface area contributed by atoms with Gasteiger partial charge in [-0.1, -0.05) is 69.9 Å². The van der Waals surface area contributed by atoms with Gasteiger partial charge in [0.1, 0.15) is 11.4 Å². The van der Waals surface area contributed by atoms with Crippen LogP contribution in [0.15, 0.2) is 54.6 Å². The summed E-state index contributed by atoms with van der Waals surface area (Å²) in [6.07, 6.45) is 3.62. The van der Waals surface area contributed by atoms with Gasteiger partial charge in [-0.3, -0.25) is 15.0 Å². The van der Waals surface area contributed by atoms with E-state index in [1.165, 1.54) is 18.2 Å². The predicted octanol–water partition coefficient (Wildman–Crippen LogP) is 4.62. The second-order valence-corrected chi connectivity index (χ2v) is 7.14. The lowest BCUT2D eigenvalue weighted by Crippen LogP contribution is -2.55. The molecule has 0 unspecified atom stereocenters. The van der Waals surface area contributed by atoms with Crippen molar-refractivity contribution in [3.8, 4) is 0 Å². The van der Waals surface area contributed by atoms with E-state index in [4.69, 9.17) is 0 Å². The summed E-state index contributed by atoms with van der Waals surface area (Å²) in [6, 6.07) is 14.1. The minimum Gasteiger partial charge on any atom is -0.380 e. The van der Waals surface area contributed by atoms with Crippen LogP contribution in [0, 0.1) is 5.82 Å². The van der Waals surface area contributed by atoms with Crippen molar-refractivity contribution in [3.63, 3.8) is 0 Å². The molecule has 29 heavy (non-hydrogen) atoms. The average molecular weight is 400 g/mol. The summed E-state index contributed by atoms with van der Waals surface area (Å²) >= 11 is 0. The van der Waals surface area contributed by atoms with Gasteiger partial charge in [0, 0.05) is 0 Å². The van der Waals surface area contributed by atoms with Crippen molar-refractivity contribution < 1.29 is 19.1 Å². The molecule has 0 radical (unpaired) electrons. The van der Waals surface area contributed by atoms with Crippen LogP contribution in [0.3, 0.4) is 0 Å². The maximum absolute atomic E-state index is 14.2. The molecule has 156 valence electrons. The quantitative estimate of drug-likeness (QED) is 0.604. The molecule has 2 amide bonds. The molecule has 0 atom stereocenters. The van der Waals surface area contributed by atoms with Gasteiger partial charge in [0.05, 0.1) is 11.3 Å². The zero-order chi connectivity index (χ0) is 21.3. The number of unbranched alkanes of at least 4 members (excludes halogenated alkanes) is 2. The van der Waals surface area contributed by atoms with E-state index in [0.29, 0.717) is 31.4 Å². The number of halogens is 1. The SMILES string of the molecule is CCCCC(O)(CCCC)C(=O)NN(C(=O)c1ccccc1F)c1ccccc1. The second-order valence-electron chi connectivity index (χ2n) is 7.14. The number of carbonyl (C=O) groups excluding carboxylic acids is 2. The van der Waals surface area contributed by atoms with E-state index in [2.05, 4.69) is 5.43 Å². The molecule has 2 N–H and O–H groups in total. The van der Waals surface area contributed by atoms with E-state index >= 15 is 0 Å². The first-order valence-corrected chi connectivity index (χ1v) is 10.1. The summed E-state index contributed by atoms with van der Waals surface area (Å²) in [5, 5.41) is 12.0. The zero-order valence-electron chi connectivity index (χ0n) is 17.0. The van der Waals surface area contributed by atoms with Gasteiger partial charge in [0.25, 0.3) is 11.8 Å². The summed E-state index contributed by atoms with van der Waals surface area (Å²) in [5.41, 5.74) is 1.17. The van der Waals surface area contributed by atoms with Crippen molar-refractivity contribution >= 4 is 17.5 Å². The minimum absolute atomic E-state index is 0.165. The molecule has 0 aliphatic rings. The Hall–Kier alpha value is -2.73. The fraction of sp³-hybridized carbons (Fsp3) is 0.391. The highest BCUT2D eigenvalue weighted by Gasteiger charge is 2.37. The molecule has 5 nitrogen and oxygen atoms in total. The fourth-order valence-corrected chi connectivity index (χ4v) is 3.06. The van der Waals surface area contributed by atoms with Crippen LogP contribution in [-0.2, 0) is 4.79 Å². The Bertz CT molecular complexity index is 803. The van der Waals surface area contributed by atoms with E-state index in [1.807, 2.05) is 13.8 Å². The number of carbonyl (C=O) groups is 2. The van der Waals surface area contributed by atoms with Gasteiger partial charge in [-0.2, -0.15) is 0 Å². The number of para-hydroxylation sites is 1. The fourth-order valence-electron chi connectivity index (χ4n) is 3.06. The first kappa shape index (κ1) is 22.6. The van der Waals surface area contributed by atoms with Crippen LogP contribution < -0.4 is 10.4 Å². The third kappa shape index (κ3) is 5.87. The van der Waals surface area contributed by atoms with Crippen molar-refractivity contribution in [2.45, 2.75) is 58.0 Å². The standard InChI is InChI=1S/C23H29FN2O3/c1-3-5-16-23(29,17-6-4-2)22(28)25-26(18-12-8-7-9-13-18)21(27)19-14-10-11-15-20(19)24/h7-15,29H,3-6,16-17H2,1-2H3,(H,25,28). The normalized spacial score (nSPS) is 11.2. The molecule has 0 fully saturated rings. The number of rotatable bonds is 9. The van der Waals surface area contributed by atoms with Crippen LogP contribution in [0.25, 0.3) is 0 Å². The molecule has 0 heterocycles. The van der Waals surface area contributed by atoms with Gasteiger partial charge in [-0.25, -0.2) is 9.40 Å². The number of hydrazine groups is 1. The van der Waals surface area contributed by atoms with Gasteiger partial charge in [-0.15, -0.1) is 0 Å². The number of benzene rings is 2. The van der Waals surface area contributed by atoms with Crippen molar-refractivity contribution in [2.24, 2.45) is 0 Å². The highest BCUT2D eigenvalue weighted by molar-refractivity contribution is 6.08. The largest absolute Gasteiger partial charge is 0.380 e. The van der Waals surface area contributed by atoms with Crippen LogP contribution >= 0.6 is 0 Å². The molecular formula is C23H29FN2O3. The van der Waals surface area contributed by atoms with Gasteiger partial charge in [0.15, 0.2) is 0 Å². The van der Waals surface area contributed by atoms with Crippen LogP contribution in [0.4, 0.5) is 10.1 Å². The maximum Gasteiger partial charge on any atom is 0.279 e. The summed E-state index contributed by atoms with van der Waals surface area (Å²) in [4.78, 5) is 26.1. The van der Waals surface area contributed by atoms with Crippen LogP contribution in [0.5, 0.6) is 0 Å². The smallest absolute Gasteiger partial charge is 0.279 e. The molecule has 0 aliphatic heterocycles. The molecule has 2 rings (SSSR count). The highest BCUT2D eigenvalue weighted by atomic mass is 19.1. The van der Waals surface area contributed by atoms with E-state index < -0.39 is 23.2 Å². The van der Waals surface area contributed by atoms with E-state index in [1.54, 1.807) is 36.4 Å². The van der Waals surface area contributed by atoms with Crippen LogP contribution in [0.1, 0.15) is 62.7 Å². The molecule has 0 aliphatic carbocycles. The minimum atomic E-state index is -1.59. The molecule has 0 aromatic heterocycles. The molecule has 0 bridgehead atoms. The Kier molecular flexibility index (Phi) is 8.34. The number of anilines is 1. The van der Waals surface area contributed by atoms with Crippen molar-refractivity contribution in [1.82, 2.24) is 5.43 Å². The van der Waals surface area contributed by atoms with E-state index in [-0.39, 0.29) is 5.56 Å². The second kappa shape index (κ2) is 10.7. The Labute approximate surface area is 171 Å². The Morgan fingerprint density at radius 3 is 2.07 bits per heavy atom. The van der Waals surface area contributed by atoms with Crippen molar-refractivity contribution in [2.75, 3.05) is 5.01 Å². The molecule has 0 saturated carbocycles. The molecule has 0 spiro atoms. The average Bonchev–Trinajstić information content (AvgIpc) is 2.75. The third-order valence-corrected chi connectivity index (χ3v) is 4.85. The summed E-state index contributed by atoms with van der Waals surface area (Å²) in [7, 11) is 0. The van der Waals surface area contributed by atoms with Crippen molar-refractivity contribution in [3.05, 3.63) is 66.0 Å². The summed E-state index contributed by atoms with van der Waals surface area (Å²) < 4.78 is 14.2. The van der Waals surface area contributed by atoms with Crippen molar-refractivity contribution in [1.29, 1.82) is 0 Å². The Morgan fingerprint density at radius 2 is 1.52 bits per heavy atom. The van der Waals surface area contributed by atoms with Gasteiger partial charge < -0.3 is 5.11 Å². The first-order valence-electron chi connectivity index (χ1n) is 10.1. The molecule has 2 aromatic carbocycles. The van der Waals surface area contributed by atoms with Crippen LogP contribution in [-0.4, -0.2) is 22.5 Å². The van der Waals surface area contributed by atoms with E-state index in [0.717, 1.165) is 17.9 Å². The molecule has 6 heteroatoms. The molecular weight excluding hydrogens is 371 g/mol. The Morgan fingerprint density at radius 1 is 0.966 bits per heavy atom. The molecule has 2 aromatic rings. The summed E-state index contributed by atoms with van der Waals surface area (Å²) in [6.45, 7) is 3.96. The number of nitrogens with zero attached hydrogens (tertiary/aromatic N) is 1. The first-order chi connectivity index (χ1) is 13.9. The maximum atomic E-state index is 14.2. The number of aliphatic hydroxyl groups is 1.